The molecule has 1 amide bonds. The van der Waals surface area contributed by atoms with Gasteiger partial charge in [0.25, 0.3) is 5.91 Å². The summed E-state index contributed by atoms with van der Waals surface area (Å²) in [5, 5.41) is 9.23. The second-order valence-corrected chi connectivity index (χ2v) is 8.67. The van der Waals surface area contributed by atoms with Gasteiger partial charge < -0.3 is 20.1 Å². The Morgan fingerprint density at radius 1 is 0.971 bits per heavy atom. The Balaban J connectivity index is 1.47. The molecule has 0 aliphatic carbocycles. The van der Waals surface area contributed by atoms with Crippen molar-refractivity contribution in [2.75, 3.05) is 27.3 Å². The Morgan fingerprint density at radius 3 is 2.57 bits per heavy atom. The highest BCUT2D eigenvalue weighted by Crippen LogP contribution is 2.33. The lowest BCUT2D eigenvalue weighted by Crippen LogP contribution is -2.24. The van der Waals surface area contributed by atoms with E-state index in [1.165, 1.54) is 16.3 Å². The topological polar surface area (TPSA) is 59.6 Å². The minimum absolute atomic E-state index is 0.166. The fourth-order valence-corrected chi connectivity index (χ4v) is 4.34. The Morgan fingerprint density at radius 2 is 1.77 bits per heavy atom. The van der Waals surface area contributed by atoms with Crippen molar-refractivity contribution in [3.8, 4) is 22.6 Å². The average Bonchev–Trinajstić information content (AvgIpc) is 2.90. The molecule has 0 unspecified atom stereocenters. The van der Waals surface area contributed by atoms with Crippen molar-refractivity contribution in [1.82, 2.24) is 10.6 Å². The maximum absolute atomic E-state index is 12.4. The van der Waals surface area contributed by atoms with Crippen LogP contribution in [0.1, 0.15) is 28.9 Å². The van der Waals surface area contributed by atoms with Crippen LogP contribution in [-0.2, 0) is 0 Å². The van der Waals surface area contributed by atoms with Crippen LogP contribution in [0.5, 0.6) is 11.5 Å². The Hall–Kier alpha value is -3.54. The van der Waals surface area contributed by atoms with E-state index in [1.54, 1.807) is 26.3 Å². The molecule has 0 spiro atoms. The number of rotatable bonds is 9. The SMILES string of the molecule is CNC(=O)c1cc(OCCN[C@H](C)c2cccc3ccccc23)cc(-c2ccc(Cl)c(OC)c2)c1. The molecule has 0 fully saturated rings. The first-order valence-corrected chi connectivity index (χ1v) is 11.9. The van der Waals surface area contributed by atoms with E-state index in [1.807, 2.05) is 24.3 Å². The molecular weight excluding hydrogens is 460 g/mol. The van der Waals surface area contributed by atoms with Crippen LogP contribution in [0.4, 0.5) is 0 Å². The molecule has 35 heavy (non-hydrogen) atoms. The number of halogens is 1. The zero-order valence-electron chi connectivity index (χ0n) is 20.1. The van der Waals surface area contributed by atoms with Crippen LogP contribution in [0.25, 0.3) is 21.9 Å². The smallest absolute Gasteiger partial charge is 0.251 e. The van der Waals surface area contributed by atoms with E-state index in [9.17, 15) is 4.79 Å². The molecule has 0 saturated heterocycles. The summed E-state index contributed by atoms with van der Waals surface area (Å²) in [5.74, 6) is 1.01. The highest BCUT2D eigenvalue weighted by atomic mass is 35.5. The first-order valence-electron chi connectivity index (χ1n) is 11.5. The molecule has 0 radical (unpaired) electrons. The largest absolute Gasteiger partial charge is 0.495 e. The molecule has 5 nitrogen and oxygen atoms in total. The number of benzene rings is 4. The molecule has 0 saturated carbocycles. The second-order valence-electron chi connectivity index (χ2n) is 8.27. The number of amides is 1. The molecule has 6 heteroatoms. The molecule has 180 valence electrons. The van der Waals surface area contributed by atoms with Crippen LogP contribution < -0.4 is 20.1 Å². The van der Waals surface area contributed by atoms with Crippen molar-refractivity contribution in [3.05, 3.63) is 95.0 Å². The van der Waals surface area contributed by atoms with Crippen molar-refractivity contribution in [3.63, 3.8) is 0 Å². The monoisotopic (exact) mass is 488 g/mol. The normalized spacial score (nSPS) is 11.8. The van der Waals surface area contributed by atoms with Crippen molar-refractivity contribution in [2.45, 2.75) is 13.0 Å². The van der Waals surface area contributed by atoms with Crippen LogP contribution >= 0.6 is 11.6 Å². The van der Waals surface area contributed by atoms with Crippen molar-refractivity contribution >= 4 is 28.3 Å². The fraction of sp³-hybridized carbons (Fsp3) is 0.207. The minimum atomic E-state index is -0.180. The average molecular weight is 489 g/mol. The van der Waals surface area contributed by atoms with Gasteiger partial charge in [-0.25, -0.2) is 0 Å². The fourth-order valence-electron chi connectivity index (χ4n) is 4.15. The summed E-state index contributed by atoms with van der Waals surface area (Å²) in [7, 11) is 3.19. The molecule has 2 N–H and O–H groups in total. The van der Waals surface area contributed by atoms with E-state index in [0.717, 1.165) is 11.1 Å². The van der Waals surface area contributed by atoms with Crippen molar-refractivity contribution in [1.29, 1.82) is 0 Å². The molecule has 0 aromatic heterocycles. The number of methoxy groups -OCH3 is 1. The van der Waals surface area contributed by atoms with Crippen LogP contribution in [0, 0.1) is 0 Å². The van der Waals surface area contributed by atoms with Gasteiger partial charge >= 0.3 is 0 Å². The van der Waals surface area contributed by atoms with Gasteiger partial charge in [-0.1, -0.05) is 60.1 Å². The molecule has 4 aromatic carbocycles. The number of carbonyl (C=O) groups excluding carboxylic acids is 1. The highest BCUT2D eigenvalue weighted by molar-refractivity contribution is 6.32. The van der Waals surface area contributed by atoms with Crippen molar-refractivity contribution in [2.24, 2.45) is 0 Å². The molecule has 0 aliphatic rings. The summed E-state index contributed by atoms with van der Waals surface area (Å²) in [4.78, 5) is 12.4. The van der Waals surface area contributed by atoms with Crippen LogP contribution in [-0.4, -0.2) is 33.2 Å². The summed E-state index contributed by atoms with van der Waals surface area (Å²) in [5.41, 5.74) is 3.49. The van der Waals surface area contributed by atoms with E-state index < -0.39 is 0 Å². The molecule has 0 aliphatic heterocycles. The van der Waals surface area contributed by atoms with Crippen molar-refractivity contribution < 1.29 is 14.3 Å². The Bertz CT molecular complexity index is 1330. The van der Waals surface area contributed by atoms with Crippen LogP contribution in [0.3, 0.4) is 0 Å². The maximum atomic E-state index is 12.4. The maximum Gasteiger partial charge on any atom is 0.251 e. The second kappa shape index (κ2) is 11.3. The van der Waals surface area contributed by atoms with Crippen LogP contribution in [0.15, 0.2) is 78.9 Å². The third kappa shape index (κ3) is 5.76. The summed E-state index contributed by atoms with van der Waals surface area (Å²) >= 11 is 6.18. The quantitative estimate of drug-likeness (QED) is 0.273. The number of carbonyl (C=O) groups is 1. The summed E-state index contributed by atoms with van der Waals surface area (Å²) in [6, 6.07) is 26.0. The summed E-state index contributed by atoms with van der Waals surface area (Å²) < 4.78 is 11.4. The van der Waals surface area contributed by atoms with E-state index in [0.29, 0.717) is 35.2 Å². The van der Waals surface area contributed by atoms with Gasteiger partial charge in [0.2, 0.25) is 0 Å². The van der Waals surface area contributed by atoms with Gasteiger partial charge in [0.1, 0.15) is 18.1 Å². The van der Waals surface area contributed by atoms with Crippen LogP contribution in [0.2, 0.25) is 5.02 Å². The number of nitrogens with one attached hydrogen (secondary N) is 2. The number of ether oxygens (including phenoxy) is 2. The number of hydrogen-bond acceptors (Lipinski definition) is 4. The standard InChI is InChI=1S/C29H29ClN2O3/c1-19(25-10-6-8-20-7-4-5-9-26(20)25)32-13-14-35-24-16-22(15-23(17-24)29(33)31-2)21-11-12-27(30)28(18-21)34-3/h4-12,15-19,32H,13-14H2,1-3H3,(H,31,33)/t19-/m1/s1. The zero-order chi connectivity index (χ0) is 24.8. The molecule has 4 rings (SSSR count). The van der Waals surface area contributed by atoms with Gasteiger partial charge in [-0.15, -0.1) is 0 Å². The predicted octanol–water partition coefficient (Wildman–Crippen LogP) is 6.26. The zero-order valence-corrected chi connectivity index (χ0v) is 20.9. The lowest BCUT2D eigenvalue weighted by molar-refractivity contribution is 0.0962. The molecule has 0 heterocycles. The predicted molar refractivity (Wildman–Crippen MR) is 143 cm³/mol. The highest BCUT2D eigenvalue weighted by Gasteiger charge is 2.12. The van der Waals surface area contributed by atoms with Gasteiger partial charge in [0.05, 0.1) is 12.1 Å². The first-order chi connectivity index (χ1) is 17.0. The lowest BCUT2D eigenvalue weighted by Gasteiger charge is -2.17. The first kappa shape index (κ1) is 24.6. The molecule has 4 aromatic rings. The number of hydrogen-bond donors (Lipinski definition) is 2. The molecule has 1 atom stereocenters. The van der Waals surface area contributed by atoms with Gasteiger partial charge in [-0.2, -0.15) is 0 Å². The molecular formula is C29H29ClN2O3. The number of fused-ring (bicyclic) bond motifs is 1. The lowest BCUT2D eigenvalue weighted by atomic mass is 10.00. The van der Waals surface area contributed by atoms with E-state index in [4.69, 9.17) is 21.1 Å². The van der Waals surface area contributed by atoms with E-state index >= 15 is 0 Å². The van der Waals surface area contributed by atoms with Gasteiger partial charge in [-0.05, 0) is 64.7 Å². The summed E-state index contributed by atoms with van der Waals surface area (Å²) in [6.45, 7) is 3.26. The van der Waals surface area contributed by atoms with Gasteiger partial charge in [0, 0.05) is 25.2 Å². The minimum Gasteiger partial charge on any atom is -0.495 e. The molecule has 0 bridgehead atoms. The van der Waals surface area contributed by atoms with Gasteiger partial charge in [-0.3, -0.25) is 4.79 Å². The van der Waals surface area contributed by atoms with Gasteiger partial charge in [0.15, 0.2) is 0 Å². The Labute approximate surface area is 211 Å². The third-order valence-corrected chi connectivity index (χ3v) is 6.30. The third-order valence-electron chi connectivity index (χ3n) is 5.99. The van der Waals surface area contributed by atoms with E-state index in [-0.39, 0.29) is 11.9 Å². The van der Waals surface area contributed by atoms with E-state index in [2.05, 4.69) is 60.0 Å². The summed E-state index contributed by atoms with van der Waals surface area (Å²) in [6.07, 6.45) is 0. The Kier molecular flexibility index (Phi) is 7.91.